The van der Waals surface area contributed by atoms with Crippen LogP contribution in [-0.4, -0.2) is 14.6 Å². The van der Waals surface area contributed by atoms with Gasteiger partial charge in [-0.1, -0.05) is 6.07 Å². The lowest BCUT2D eigenvalue weighted by Crippen LogP contribution is -1.99. The van der Waals surface area contributed by atoms with Crippen LogP contribution in [0.1, 0.15) is 11.1 Å². The maximum atomic E-state index is 14.1. The fourth-order valence-electron chi connectivity index (χ4n) is 2.11. The smallest absolute Gasteiger partial charge is 0.156 e. The molecule has 92 valence electrons. The second-order valence-corrected chi connectivity index (χ2v) is 4.20. The second-order valence-electron chi connectivity index (χ2n) is 4.20. The molecule has 0 aliphatic rings. The van der Waals surface area contributed by atoms with Crippen molar-refractivity contribution in [3.63, 3.8) is 0 Å². The Morgan fingerprint density at radius 2 is 2.11 bits per heavy atom. The molecule has 0 atom stereocenters. The van der Waals surface area contributed by atoms with Gasteiger partial charge in [-0.15, -0.1) is 0 Å². The maximum absolute atomic E-state index is 14.1. The molecule has 0 aliphatic heterocycles. The Balaban J connectivity index is 2.33. The molecule has 0 bridgehead atoms. The number of benzene rings is 1. The Labute approximate surface area is 108 Å². The Morgan fingerprint density at radius 1 is 1.26 bits per heavy atom. The molecule has 2 heterocycles. The molecule has 0 saturated carbocycles. The van der Waals surface area contributed by atoms with Crippen LogP contribution in [0.25, 0.3) is 16.9 Å². The summed E-state index contributed by atoms with van der Waals surface area (Å²) in [6.07, 6.45) is 1.39. The first-order chi connectivity index (χ1) is 9.20. The fourth-order valence-corrected chi connectivity index (χ4v) is 2.11. The molecule has 5 heteroatoms. The van der Waals surface area contributed by atoms with E-state index in [1.807, 2.05) is 6.92 Å². The Bertz CT molecular complexity index is 814. The minimum Gasteiger partial charge on any atom is -0.215 e. The lowest BCUT2D eigenvalue weighted by molar-refractivity contribution is 0.620. The highest BCUT2D eigenvalue weighted by atomic mass is 19.1. The third kappa shape index (κ3) is 1.74. The van der Waals surface area contributed by atoms with Crippen molar-refractivity contribution in [2.24, 2.45) is 0 Å². The first-order valence-electron chi connectivity index (χ1n) is 5.70. The van der Waals surface area contributed by atoms with E-state index in [1.54, 1.807) is 24.3 Å². The summed E-state index contributed by atoms with van der Waals surface area (Å²) in [5.74, 6) is -0.370. The zero-order valence-electron chi connectivity index (χ0n) is 10.1. The number of nitriles is 1. The zero-order chi connectivity index (χ0) is 13.4. The predicted octanol–water partition coefficient (Wildman–Crippen LogP) is 2.72. The minimum atomic E-state index is -0.370. The monoisotopic (exact) mass is 252 g/mol. The topological polar surface area (TPSA) is 54.0 Å². The van der Waals surface area contributed by atoms with Gasteiger partial charge in [0.05, 0.1) is 11.6 Å². The van der Waals surface area contributed by atoms with Gasteiger partial charge in [0.2, 0.25) is 0 Å². The number of aryl methyl sites for hydroxylation is 1. The minimum absolute atomic E-state index is 0.358. The molecule has 0 amide bonds. The van der Waals surface area contributed by atoms with Gasteiger partial charge in [-0.05, 0) is 36.8 Å². The third-order valence-corrected chi connectivity index (χ3v) is 3.00. The van der Waals surface area contributed by atoms with E-state index in [9.17, 15) is 4.39 Å². The van der Waals surface area contributed by atoms with Crippen LogP contribution in [0.2, 0.25) is 0 Å². The van der Waals surface area contributed by atoms with E-state index in [0.717, 1.165) is 5.56 Å². The van der Waals surface area contributed by atoms with Crippen LogP contribution in [0.3, 0.4) is 0 Å². The van der Waals surface area contributed by atoms with E-state index in [2.05, 4.69) is 16.2 Å². The van der Waals surface area contributed by atoms with E-state index in [-0.39, 0.29) is 5.82 Å². The number of hydrogen-bond acceptors (Lipinski definition) is 3. The zero-order valence-corrected chi connectivity index (χ0v) is 10.1. The summed E-state index contributed by atoms with van der Waals surface area (Å²) < 4.78 is 15.6. The van der Waals surface area contributed by atoms with Gasteiger partial charge in [0.25, 0.3) is 0 Å². The van der Waals surface area contributed by atoms with Crippen LogP contribution in [0.5, 0.6) is 0 Å². The molecular formula is C14H9FN4. The Kier molecular flexibility index (Phi) is 2.50. The molecule has 1 aromatic carbocycles. The van der Waals surface area contributed by atoms with Gasteiger partial charge in [0.15, 0.2) is 5.65 Å². The SMILES string of the molecule is Cc1cc(C#N)ccc1-c1c(F)ccc2ncnn12. The van der Waals surface area contributed by atoms with E-state index in [1.165, 1.54) is 16.9 Å². The van der Waals surface area contributed by atoms with Crippen molar-refractivity contribution in [1.29, 1.82) is 5.26 Å². The molecule has 0 spiro atoms. The summed E-state index contributed by atoms with van der Waals surface area (Å²) in [6, 6.07) is 10.1. The first kappa shape index (κ1) is 11.4. The standard InChI is InChI=1S/C14H9FN4/c1-9-6-10(7-16)2-3-11(9)14-12(15)4-5-13-17-8-18-19(13)14/h2-6,8H,1H3. The largest absolute Gasteiger partial charge is 0.215 e. The summed E-state index contributed by atoms with van der Waals surface area (Å²) in [6.45, 7) is 1.84. The lowest BCUT2D eigenvalue weighted by Gasteiger charge is -2.09. The molecule has 0 aliphatic carbocycles. The molecule has 0 radical (unpaired) electrons. The number of hydrogen-bond donors (Lipinski definition) is 0. The summed E-state index contributed by atoms with van der Waals surface area (Å²) in [5.41, 5.74) is 3.01. The predicted molar refractivity (Wildman–Crippen MR) is 67.8 cm³/mol. The van der Waals surface area contributed by atoms with Crippen LogP contribution < -0.4 is 0 Å². The molecule has 19 heavy (non-hydrogen) atoms. The van der Waals surface area contributed by atoms with Crippen molar-refractivity contribution in [3.05, 3.63) is 53.6 Å². The van der Waals surface area contributed by atoms with Gasteiger partial charge in [-0.25, -0.2) is 13.9 Å². The number of halogens is 1. The van der Waals surface area contributed by atoms with Crippen LogP contribution in [-0.2, 0) is 0 Å². The molecule has 0 N–H and O–H groups in total. The van der Waals surface area contributed by atoms with E-state index in [4.69, 9.17) is 5.26 Å². The third-order valence-electron chi connectivity index (χ3n) is 3.00. The molecule has 2 aromatic heterocycles. The van der Waals surface area contributed by atoms with E-state index >= 15 is 0 Å². The van der Waals surface area contributed by atoms with Crippen molar-refractivity contribution < 1.29 is 4.39 Å². The van der Waals surface area contributed by atoms with Crippen molar-refractivity contribution in [2.45, 2.75) is 6.92 Å². The average molecular weight is 252 g/mol. The number of nitrogens with zero attached hydrogens (tertiary/aromatic N) is 4. The Hall–Kier alpha value is -2.74. The molecule has 3 rings (SSSR count). The molecule has 3 aromatic rings. The average Bonchev–Trinajstić information content (AvgIpc) is 2.88. The summed E-state index contributed by atoms with van der Waals surface area (Å²) in [4.78, 5) is 4.04. The van der Waals surface area contributed by atoms with Crippen LogP contribution in [0, 0.1) is 24.1 Å². The highest BCUT2D eigenvalue weighted by molar-refractivity contribution is 5.68. The molecule has 0 fully saturated rings. The van der Waals surface area contributed by atoms with Crippen molar-refractivity contribution in [1.82, 2.24) is 14.6 Å². The molecule has 0 saturated heterocycles. The number of aromatic nitrogens is 3. The van der Waals surface area contributed by atoms with Crippen LogP contribution in [0.4, 0.5) is 4.39 Å². The van der Waals surface area contributed by atoms with Gasteiger partial charge in [-0.2, -0.15) is 10.4 Å². The van der Waals surface area contributed by atoms with Gasteiger partial charge in [0.1, 0.15) is 17.8 Å². The second kappa shape index (κ2) is 4.18. The fraction of sp³-hybridized carbons (Fsp3) is 0.0714. The number of fused-ring (bicyclic) bond motifs is 1. The number of rotatable bonds is 1. The summed E-state index contributed by atoms with van der Waals surface area (Å²) in [7, 11) is 0. The molecular weight excluding hydrogens is 243 g/mol. The van der Waals surface area contributed by atoms with E-state index < -0.39 is 0 Å². The quantitative estimate of drug-likeness (QED) is 0.669. The Morgan fingerprint density at radius 3 is 2.84 bits per heavy atom. The van der Waals surface area contributed by atoms with Gasteiger partial charge in [-0.3, -0.25) is 0 Å². The maximum Gasteiger partial charge on any atom is 0.156 e. The van der Waals surface area contributed by atoms with Gasteiger partial charge >= 0.3 is 0 Å². The van der Waals surface area contributed by atoms with Gasteiger partial charge in [0, 0.05) is 5.56 Å². The summed E-state index contributed by atoms with van der Waals surface area (Å²) in [5, 5.41) is 12.9. The number of pyridine rings is 1. The first-order valence-corrected chi connectivity index (χ1v) is 5.70. The highest BCUT2D eigenvalue weighted by Crippen LogP contribution is 2.26. The lowest BCUT2D eigenvalue weighted by atomic mass is 10.0. The highest BCUT2D eigenvalue weighted by Gasteiger charge is 2.13. The van der Waals surface area contributed by atoms with E-state index in [0.29, 0.717) is 22.5 Å². The van der Waals surface area contributed by atoms with Crippen molar-refractivity contribution >= 4 is 5.65 Å². The van der Waals surface area contributed by atoms with Gasteiger partial charge < -0.3 is 0 Å². The van der Waals surface area contributed by atoms with Crippen molar-refractivity contribution in [3.8, 4) is 17.3 Å². The molecule has 4 nitrogen and oxygen atoms in total. The normalized spacial score (nSPS) is 10.6. The molecule has 0 unspecified atom stereocenters. The van der Waals surface area contributed by atoms with Crippen LogP contribution >= 0.6 is 0 Å². The van der Waals surface area contributed by atoms with Crippen LogP contribution in [0.15, 0.2) is 36.7 Å². The van der Waals surface area contributed by atoms with Crippen molar-refractivity contribution in [2.75, 3.05) is 0 Å². The summed E-state index contributed by atoms with van der Waals surface area (Å²) >= 11 is 0.